The van der Waals surface area contributed by atoms with Crippen molar-refractivity contribution in [1.82, 2.24) is 4.98 Å². The highest BCUT2D eigenvalue weighted by atomic mass is 16.6. The lowest BCUT2D eigenvalue weighted by molar-refractivity contribution is 0.0635. The first kappa shape index (κ1) is 12.5. The normalized spacial score (nSPS) is 11.1. The van der Waals surface area contributed by atoms with Crippen molar-refractivity contribution in [3.05, 3.63) is 23.4 Å². The van der Waals surface area contributed by atoms with Crippen molar-refractivity contribution < 1.29 is 9.53 Å². The Bertz CT molecular complexity index is 394. The van der Waals surface area contributed by atoms with Crippen LogP contribution in [-0.2, 0) is 4.74 Å². The van der Waals surface area contributed by atoms with Crippen molar-refractivity contribution in [2.24, 2.45) is 0 Å². The summed E-state index contributed by atoms with van der Waals surface area (Å²) in [6.45, 7) is 9.23. The minimum absolute atomic E-state index is 0.478. The van der Waals surface area contributed by atoms with E-state index < -0.39 is 11.7 Å². The van der Waals surface area contributed by atoms with E-state index in [4.69, 9.17) is 4.74 Å². The third-order valence-electron chi connectivity index (χ3n) is 1.86. The van der Waals surface area contributed by atoms with E-state index in [0.29, 0.717) is 5.82 Å². The summed E-state index contributed by atoms with van der Waals surface area (Å²) < 4.78 is 5.15. The minimum atomic E-state index is -0.498. The van der Waals surface area contributed by atoms with Gasteiger partial charge in [-0.1, -0.05) is 6.07 Å². The van der Waals surface area contributed by atoms with Gasteiger partial charge in [-0.25, -0.2) is 9.78 Å². The molecule has 0 aliphatic heterocycles. The van der Waals surface area contributed by atoms with Gasteiger partial charge in [-0.05, 0) is 46.2 Å². The molecule has 0 fully saturated rings. The highest BCUT2D eigenvalue weighted by molar-refractivity contribution is 5.84. The maximum Gasteiger partial charge on any atom is 0.413 e. The largest absolute Gasteiger partial charge is 0.444 e. The van der Waals surface area contributed by atoms with E-state index in [1.54, 1.807) is 0 Å². The number of hydrogen-bond acceptors (Lipinski definition) is 3. The molecule has 88 valence electrons. The number of carbonyl (C=O) groups excluding carboxylic acids is 1. The number of ether oxygens (including phenoxy) is 1. The van der Waals surface area contributed by atoms with Crippen LogP contribution in [0.4, 0.5) is 10.6 Å². The van der Waals surface area contributed by atoms with Gasteiger partial charge in [-0.2, -0.15) is 0 Å². The van der Waals surface area contributed by atoms with Crippen LogP contribution >= 0.6 is 0 Å². The summed E-state index contributed by atoms with van der Waals surface area (Å²) in [5, 5.41) is 2.64. The van der Waals surface area contributed by atoms with Crippen LogP contribution in [0.2, 0.25) is 0 Å². The molecule has 0 saturated carbocycles. The van der Waals surface area contributed by atoms with Crippen LogP contribution in [0.1, 0.15) is 32.0 Å². The summed E-state index contributed by atoms with van der Waals surface area (Å²) in [6, 6.07) is 3.81. The van der Waals surface area contributed by atoms with Crippen LogP contribution in [0.3, 0.4) is 0 Å². The second-order valence-corrected chi connectivity index (χ2v) is 4.75. The molecule has 0 aliphatic rings. The lowest BCUT2D eigenvalue weighted by atomic mass is 10.2. The monoisotopic (exact) mass is 222 g/mol. The smallest absolute Gasteiger partial charge is 0.413 e. The van der Waals surface area contributed by atoms with E-state index in [1.807, 2.05) is 46.8 Å². The van der Waals surface area contributed by atoms with Crippen LogP contribution in [0.25, 0.3) is 0 Å². The van der Waals surface area contributed by atoms with Gasteiger partial charge in [0.05, 0.1) is 0 Å². The maximum atomic E-state index is 11.5. The molecule has 0 atom stereocenters. The Morgan fingerprint density at radius 1 is 1.31 bits per heavy atom. The third-order valence-corrected chi connectivity index (χ3v) is 1.86. The van der Waals surface area contributed by atoms with Crippen LogP contribution in [0.15, 0.2) is 12.1 Å². The van der Waals surface area contributed by atoms with Gasteiger partial charge in [0, 0.05) is 5.69 Å². The van der Waals surface area contributed by atoms with Crippen LogP contribution < -0.4 is 5.32 Å². The Morgan fingerprint density at radius 2 is 1.94 bits per heavy atom. The molecular weight excluding hydrogens is 204 g/mol. The van der Waals surface area contributed by atoms with E-state index in [9.17, 15) is 4.79 Å². The second-order valence-electron chi connectivity index (χ2n) is 4.75. The zero-order chi connectivity index (χ0) is 12.3. The number of rotatable bonds is 1. The molecule has 0 unspecified atom stereocenters. The highest BCUT2D eigenvalue weighted by Crippen LogP contribution is 2.14. The summed E-state index contributed by atoms with van der Waals surface area (Å²) >= 11 is 0. The summed E-state index contributed by atoms with van der Waals surface area (Å²) in [7, 11) is 0. The van der Waals surface area contributed by atoms with Crippen molar-refractivity contribution in [1.29, 1.82) is 0 Å². The van der Waals surface area contributed by atoms with Gasteiger partial charge in [-0.3, -0.25) is 5.32 Å². The molecule has 1 N–H and O–H groups in total. The van der Waals surface area contributed by atoms with Crippen molar-refractivity contribution >= 4 is 11.9 Å². The molecule has 0 spiro atoms. The van der Waals surface area contributed by atoms with E-state index in [0.717, 1.165) is 11.3 Å². The molecule has 1 aromatic rings. The number of anilines is 1. The number of amides is 1. The van der Waals surface area contributed by atoms with Crippen molar-refractivity contribution in [3.8, 4) is 0 Å². The first-order valence-electron chi connectivity index (χ1n) is 5.22. The number of hydrogen-bond donors (Lipinski definition) is 1. The Kier molecular flexibility index (Phi) is 3.52. The van der Waals surface area contributed by atoms with E-state index >= 15 is 0 Å². The fraction of sp³-hybridized carbons (Fsp3) is 0.500. The molecule has 1 aromatic heterocycles. The Labute approximate surface area is 96.0 Å². The molecular formula is C12H18N2O2. The molecule has 1 amide bonds. The predicted octanol–water partition coefficient (Wildman–Crippen LogP) is 3.05. The number of aryl methyl sites for hydroxylation is 2. The molecule has 0 saturated heterocycles. The number of pyridine rings is 1. The fourth-order valence-corrected chi connectivity index (χ4v) is 1.15. The first-order valence-corrected chi connectivity index (χ1v) is 5.22. The van der Waals surface area contributed by atoms with E-state index in [-0.39, 0.29) is 0 Å². The van der Waals surface area contributed by atoms with Crippen molar-refractivity contribution in [2.45, 2.75) is 40.2 Å². The van der Waals surface area contributed by atoms with Gasteiger partial charge in [0.15, 0.2) is 0 Å². The van der Waals surface area contributed by atoms with Gasteiger partial charge in [0.1, 0.15) is 11.4 Å². The summed E-state index contributed by atoms with van der Waals surface area (Å²) in [5.74, 6) is 0.550. The number of carbonyl (C=O) groups is 1. The van der Waals surface area contributed by atoms with E-state index in [2.05, 4.69) is 10.3 Å². The van der Waals surface area contributed by atoms with Crippen LogP contribution in [0.5, 0.6) is 0 Å². The Hall–Kier alpha value is -1.58. The molecule has 0 aromatic carbocycles. The molecule has 0 bridgehead atoms. The molecule has 1 rings (SSSR count). The van der Waals surface area contributed by atoms with Crippen molar-refractivity contribution in [2.75, 3.05) is 5.32 Å². The minimum Gasteiger partial charge on any atom is -0.444 e. The second kappa shape index (κ2) is 4.51. The van der Waals surface area contributed by atoms with Gasteiger partial charge >= 0.3 is 6.09 Å². The van der Waals surface area contributed by atoms with Gasteiger partial charge in [0.25, 0.3) is 0 Å². The highest BCUT2D eigenvalue weighted by Gasteiger charge is 2.17. The molecule has 0 radical (unpaired) electrons. The summed E-state index contributed by atoms with van der Waals surface area (Å²) in [5.41, 5.74) is 1.27. The first-order chi connectivity index (χ1) is 7.28. The average Bonchev–Trinajstić information content (AvgIpc) is 2.08. The number of aromatic nitrogens is 1. The summed E-state index contributed by atoms with van der Waals surface area (Å²) in [6.07, 6.45) is -0.478. The topological polar surface area (TPSA) is 51.2 Å². The standard InChI is InChI=1S/C12H18N2O2/c1-8-6-7-9(2)13-10(8)14-11(15)16-12(3,4)5/h6-7H,1-5H3,(H,13,14,15). The zero-order valence-electron chi connectivity index (χ0n) is 10.4. The van der Waals surface area contributed by atoms with Gasteiger partial charge in [0.2, 0.25) is 0 Å². The fourth-order valence-electron chi connectivity index (χ4n) is 1.15. The number of nitrogens with zero attached hydrogens (tertiary/aromatic N) is 1. The third kappa shape index (κ3) is 3.88. The molecule has 16 heavy (non-hydrogen) atoms. The SMILES string of the molecule is Cc1ccc(C)c(NC(=O)OC(C)(C)C)n1. The molecule has 1 heterocycles. The lowest BCUT2D eigenvalue weighted by Crippen LogP contribution is -2.27. The molecule has 0 aliphatic carbocycles. The van der Waals surface area contributed by atoms with Crippen LogP contribution in [-0.4, -0.2) is 16.7 Å². The molecule has 4 heteroatoms. The Balaban J connectivity index is 2.73. The number of nitrogens with one attached hydrogen (secondary N) is 1. The van der Waals surface area contributed by atoms with Crippen molar-refractivity contribution in [3.63, 3.8) is 0 Å². The summed E-state index contributed by atoms with van der Waals surface area (Å²) in [4.78, 5) is 15.7. The Morgan fingerprint density at radius 3 is 2.50 bits per heavy atom. The van der Waals surface area contributed by atoms with Crippen LogP contribution in [0, 0.1) is 13.8 Å². The molecule has 4 nitrogen and oxygen atoms in total. The lowest BCUT2D eigenvalue weighted by Gasteiger charge is -2.19. The zero-order valence-corrected chi connectivity index (χ0v) is 10.4. The average molecular weight is 222 g/mol. The van der Waals surface area contributed by atoms with Gasteiger partial charge < -0.3 is 4.74 Å². The van der Waals surface area contributed by atoms with Gasteiger partial charge in [-0.15, -0.1) is 0 Å². The van der Waals surface area contributed by atoms with E-state index in [1.165, 1.54) is 0 Å². The quantitative estimate of drug-likeness (QED) is 0.794. The maximum absolute atomic E-state index is 11.5. The predicted molar refractivity (Wildman–Crippen MR) is 63.6 cm³/mol.